The van der Waals surface area contributed by atoms with Crippen LogP contribution in [0.4, 0.5) is 13.2 Å². The summed E-state index contributed by atoms with van der Waals surface area (Å²) in [5.74, 6) is 0.168. The fourth-order valence-corrected chi connectivity index (χ4v) is 3.53. The summed E-state index contributed by atoms with van der Waals surface area (Å²) in [7, 11) is 1.38. The quantitative estimate of drug-likeness (QED) is 0.287. The van der Waals surface area contributed by atoms with E-state index in [9.17, 15) is 18.0 Å². The molecule has 0 aliphatic heterocycles. The maximum absolute atomic E-state index is 12.9. The molecule has 0 aliphatic rings. The zero-order chi connectivity index (χ0) is 23.4. The monoisotopic (exact) mass is 445 g/mol. The van der Waals surface area contributed by atoms with Crippen molar-refractivity contribution in [3.8, 4) is 17.0 Å². The second kappa shape index (κ2) is 9.59. The molecule has 0 aliphatic carbocycles. The fourth-order valence-electron chi connectivity index (χ4n) is 3.53. The third kappa shape index (κ3) is 5.58. The van der Waals surface area contributed by atoms with Crippen molar-refractivity contribution in [2.24, 2.45) is 5.41 Å². The molecule has 1 heterocycles. The number of fused-ring (bicyclic) bond motifs is 1. The lowest BCUT2D eigenvalue weighted by molar-refractivity contribution is -0.151. The van der Waals surface area contributed by atoms with E-state index < -0.39 is 17.2 Å². The summed E-state index contributed by atoms with van der Waals surface area (Å²) >= 11 is 0. The number of rotatable bonds is 8. The number of ether oxygens (including phenoxy) is 2. The number of para-hydroxylation sites is 1. The van der Waals surface area contributed by atoms with Crippen molar-refractivity contribution in [3.05, 3.63) is 60.2 Å². The first-order chi connectivity index (χ1) is 15.1. The normalized spacial score (nSPS) is 12.1. The van der Waals surface area contributed by atoms with Gasteiger partial charge < -0.3 is 9.47 Å². The average molecular weight is 445 g/mol. The van der Waals surface area contributed by atoms with Gasteiger partial charge in [-0.25, -0.2) is 4.98 Å². The highest BCUT2D eigenvalue weighted by molar-refractivity contribution is 5.95. The minimum atomic E-state index is -4.38. The predicted molar refractivity (Wildman–Crippen MR) is 117 cm³/mol. The molecule has 0 radical (unpaired) electrons. The van der Waals surface area contributed by atoms with E-state index in [2.05, 4.69) is 4.98 Å². The number of alkyl halides is 3. The van der Waals surface area contributed by atoms with Crippen molar-refractivity contribution < 1.29 is 27.4 Å². The lowest BCUT2D eigenvalue weighted by Crippen LogP contribution is -2.25. The molecule has 2 aromatic carbocycles. The van der Waals surface area contributed by atoms with E-state index in [-0.39, 0.29) is 5.97 Å². The van der Waals surface area contributed by atoms with Gasteiger partial charge in [0.15, 0.2) is 0 Å². The highest BCUT2D eigenvalue weighted by atomic mass is 19.4. The summed E-state index contributed by atoms with van der Waals surface area (Å²) < 4.78 is 49.4. The third-order valence-corrected chi connectivity index (χ3v) is 5.40. The summed E-state index contributed by atoms with van der Waals surface area (Å²) in [5, 5.41) is 0.833. The summed E-state index contributed by atoms with van der Waals surface area (Å²) in [4.78, 5) is 16.3. The van der Waals surface area contributed by atoms with E-state index in [1.54, 1.807) is 6.07 Å². The van der Waals surface area contributed by atoms with Gasteiger partial charge in [0.2, 0.25) is 5.88 Å². The van der Waals surface area contributed by atoms with E-state index in [1.165, 1.54) is 19.2 Å². The summed E-state index contributed by atoms with van der Waals surface area (Å²) in [6, 6.07) is 14.3. The molecule has 3 aromatic rings. The first kappa shape index (κ1) is 23.6. The number of halogens is 3. The molecule has 0 unspecified atom stereocenters. The second-order valence-corrected chi connectivity index (χ2v) is 8.28. The Bertz CT molecular complexity index is 1080. The van der Waals surface area contributed by atoms with Gasteiger partial charge in [-0.2, -0.15) is 13.2 Å². The number of pyridine rings is 1. The molecule has 32 heavy (non-hydrogen) atoms. The first-order valence-corrected chi connectivity index (χ1v) is 10.4. The molecule has 0 saturated carbocycles. The molecule has 0 amide bonds. The highest BCUT2D eigenvalue weighted by Crippen LogP contribution is 2.34. The molecule has 170 valence electrons. The van der Waals surface area contributed by atoms with Crippen molar-refractivity contribution in [1.29, 1.82) is 0 Å². The molecule has 0 bridgehead atoms. The number of unbranched alkanes of at least 4 members (excludes halogenated alkanes) is 1. The number of hydrogen-bond donors (Lipinski definition) is 0. The van der Waals surface area contributed by atoms with Gasteiger partial charge in [0.1, 0.15) is 0 Å². The van der Waals surface area contributed by atoms with Gasteiger partial charge in [0, 0.05) is 11.5 Å². The topological polar surface area (TPSA) is 48.4 Å². The summed E-state index contributed by atoms with van der Waals surface area (Å²) in [6.07, 6.45) is -2.20. The van der Waals surface area contributed by atoms with Crippen LogP contribution >= 0.6 is 0 Å². The number of nitrogens with zero attached hydrogens (tertiary/aromatic N) is 1. The summed E-state index contributed by atoms with van der Waals surface area (Å²) in [6.45, 7) is 4.11. The lowest BCUT2D eigenvalue weighted by Gasteiger charge is -2.21. The first-order valence-electron chi connectivity index (χ1n) is 10.4. The van der Waals surface area contributed by atoms with Crippen molar-refractivity contribution in [1.82, 2.24) is 4.98 Å². The largest absolute Gasteiger partial charge is 0.478 e. The standard InChI is InChI=1S/C25H26F3NO3/c1-24(2,23(30)31-3)14-6-7-15-32-22-16-20(19-8-4-5-9-21(19)29-22)17-10-12-18(13-11-17)25(26,27)28/h4-5,8-13,16H,6-7,14-15H2,1-3H3. The number of aromatic nitrogens is 1. The molecule has 4 nitrogen and oxygen atoms in total. The van der Waals surface area contributed by atoms with Crippen LogP contribution < -0.4 is 4.74 Å². The maximum atomic E-state index is 12.9. The minimum absolute atomic E-state index is 0.240. The Balaban J connectivity index is 1.75. The average Bonchev–Trinajstić information content (AvgIpc) is 2.77. The smallest absolute Gasteiger partial charge is 0.416 e. The van der Waals surface area contributed by atoms with Crippen molar-refractivity contribution in [3.63, 3.8) is 0 Å². The zero-order valence-electron chi connectivity index (χ0n) is 18.3. The van der Waals surface area contributed by atoms with Gasteiger partial charge in [-0.1, -0.05) is 30.3 Å². The van der Waals surface area contributed by atoms with Crippen LogP contribution in [0.1, 0.15) is 38.7 Å². The predicted octanol–water partition coefficient (Wildman–Crippen LogP) is 6.67. The van der Waals surface area contributed by atoms with Crippen LogP contribution in [0.2, 0.25) is 0 Å². The van der Waals surface area contributed by atoms with Crippen LogP contribution in [0, 0.1) is 5.41 Å². The minimum Gasteiger partial charge on any atom is -0.478 e. The van der Waals surface area contributed by atoms with Crippen LogP contribution in [-0.2, 0) is 15.7 Å². The van der Waals surface area contributed by atoms with E-state index in [0.717, 1.165) is 35.9 Å². The number of benzene rings is 2. The molecule has 0 N–H and O–H groups in total. The molecular formula is C25H26F3NO3. The lowest BCUT2D eigenvalue weighted by atomic mass is 9.87. The number of esters is 1. The van der Waals surface area contributed by atoms with Gasteiger partial charge in [-0.3, -0.25) is 4.79 Å². The Labute approximate surface area is 185 Å². The SMILES string of the molecule is COC(=O)C(C)(C)CCCCOc1cc(-c2ccc(C(F)(F)F)cc2)c2ccccc2n1. The molecule has 0 spiro atoms. The van der Waals surface area contributed by atoms with Crippen LogP contribution in [0.15, 0.2) is 54.6 Å². The number of methoxy groups -OCH3 is 1. The maximum Gasteiger partial charge on any atom is 0.416 e. The number of carbonyl (C=O) groups is 1. The van der Waals surface area contributed by atoms with Crippen LogP contribution in [-0.4, -0.2) is 24.7 Å². The van der Waals surface area contributed by atoms with Gasteiger partial charge in [-0.05, 0) is 62.4 Å². The van der Waals surface area contributed by atoms with Gasteiger partial charge in [0.05, 0.1) is 30.2 Å². The molecule has 0 saturated heterocycles. The number of carbonyl (C=O) groups excluding carboxylic acids is 1. The van der Waals surface area contributed by atoms with Gasteiger partial charge >= 0.3 is 12.1 Å². The van der Waals surface area contributed by atoms with Gasteiger partial charge in [0.25, 0.3) is 0 Å². The van der Waals surface area contributed by atoms with Crippen molar-refractivity contribution in [2.45, 2.75) is 39.3 Å². The Morgan fingerprint density at radius 1 is 1.00 bits per heavy atom. The molecule has 1 aromatic heterocycles. The zero-order valence-corrected chi connectivity index (χ0v) is 18.3. The molecular weight excluding hydrogens is 419 g/mol. The Morgan fingerprint density at radius 2 is 1.69 bits per heavy atom. The number of hydrogen-bond acceptors (Lipinski definition) is 4. The Morgan fingerprint density at radius 3 is 2.34 bits per heavy atom. The van der Waals surface area contributed by atoms with E-state index in [1.807, 2.05) is 38.1 Å². The highest BCUT2D eigenvalue weighted by Gasteiger charge is 2.30. The van der Waals surface area contributed by atoms with Crippen molar-refractivity contribution in [2.75, 3.05) is 13.7 Å². The Hall–Kier alpha value is -3.09. The molecule has 0 atom stereocenters. The molecule has 7 heteroatoms. The van der Waals surface area contributed by atoms with E-state index in [4.69, 9.17) is 9.47 Å². The van der Waals surface area contributed by atoms with Gasteiger partial charge in [-0.15, -0.1) is 0 Å². The Kier molecular flexibility index (Phi) is 7.06. The fraction of sp³-hybridized carbons (Fsp3) is 0.360. The van der Waals surface area contributed by atoms with E-state index in [0.29, 0.717) is 30.0 Å². The van der Waals surface area contributed by atoms with E-state index >= 15 is 0 Å². The van der Waals surface area contributed by atoms with Crippen molar-refractivity contribution >= 4 is 16.9 Å². The van der Waals surface area contributed by atoms with Crippen LogP contribution in [0.5, 0.6) is 5.88 Å². The molecule has 0 fully saturated rings. The summed E-state index contributed by atoms with van der Waals surface area (Å²) in [5.41, 5.74) is 0.871. The second-order valence-electron chi connectivity index (χ2n) is 8.28. The molecule has 3 rings (SSSR count). The third-order valence-electron chi connectivity index (χ3n) is 5.40. The van der Waals surface area contributed by atoms with Crippen LogP contribution in [0.25, 0.3) is 22.0 Å². The van der Waals surface area contributed by atoms with Crippen LogP contribution in [0.3, 0.4) is 0 Å².